The van der Waals surface area contributed by atoms with Crippen molar-refractivity contribution in [3.8, 4) is 11.5 Å². The normalized spacial score (nSPS) is 10.3. The smallest absolute Gasteiger partial charge is 0.276 e. The average Bonchev–Trinajstić information content (AvgIpc) is 2.85. The van der Waals surface area contributed by atoms with Crippen molar-refractivity contribution in [1.29, 1.82) is 0 Å². The van der Waals surface area contributed by atoms with Crippen LogP contribution in [-0.2, 0) is 11.2 Å². The number of aryl methyl sites for hydroxylation is 1. The summed E-state index contributed by atoms with van der Waals surface area (Å²) in [5.74, 6) is 0.134. The zero-order valence-corrected chi connectivity index (χ0v) is 21.8. The minimum absolute atomic E-state index is 0.0645. The Bertz CT molecular complexity index is 1200. The van der Waals surface area contributed by atoms with Crippen LogP contribution in [0.5, 0.6) is 11.5 Å². The van der Waals surface area contributed by atoms with Crippen LogP contribution in [0.15, 0.2) is 71.2 Å². The number of hydrogen-bond donors (Lipinski definition) is 3. The summed E-state index contributed by atoms with van der Waals surface area (Å²) in [5, 5.41) is 2.48. The number of benzene rings is 3. The molecular formula is C26H26BrN3O4S. The van der Waals surface area contributed by atoms with Gasteiger partial charge in [-0.15, -0.1) is 0 Å². The Labute approximate surface area is 218 Å². The van der Waals surface area contributed by atoms with E-state index in [1.807, 2.05) is 56.3 Å². The lowest BCUT2D eigenvalue weighted by Crippen LogP contribution is -2.49. The summed E-state index contributed by atoms with van der Waals surface area (Å²) in [6.45, 7) is 4.09. The number of hydrazine groups is 1. The molecule has 0 aliphatic carbocycles. The highest BCUT2D eigenvalue weighted by Gasteiger charge is 2.15. The largest absolute Gasteiger partial charge is 0.492 e. The van der Waals surface area contributed by atoms with E-state index in [0.29, 0.717) is 34.6 Å². The molecule has 3 aromatic rings. The van der Waals surface area contributed by atoms with Crippen LogP contribution in [0.1, 0.15) is 27.0 Å². The number of amides is 2. The minimum Gasteiger partial charge on any atom is -0.492 e. The number of ether oxygens (including phenoxy) is 2. The second-order valence-corrected chi connectivity index (χ2v) is 8.99. The molecule has 35 heavy (non-hydrogen) atoms. The second kappa shape index (κ2) is 12.9. The Kier molecular flexibility index (Phi) is 9.63. The summed E-state index contributed by atoms with van der Waals surface area (Å²) in [4.78, 5) is 24.9. The minimum atomic E-state index is -0.473. The van der Waals surface area contributed by atoms with E-state index in [1.54, 1.807) is 24.3 Å². The molecule has 0 fully saturated rings. The SMILES string of the molecule is Cc1cccc(OCC(=O)NNC(=S)NC(=O)c2cc(Br)ccc2OCCc2ccccc2)c1C. The summed E-state index contributed by atoms with van der Waals surface area (Å²) >= 11 is 8.52. The van der Waals surface area contributed by atoms with E-state index < -0.39 is 11.8 Å². The van der Waals surface area contributed by atoms with Gasteiger partial charge >= 0.3 is 0 Å². The van der Waals surface area contributed by atoms with Crippen LogP contribution >= 0.6 is 28.1 Å². The van der Waals surface area contributed by atoms with Crippen molar-refractivity contribution >= 4 is 45.1 Å². The average molecular weight is 556 g/mol. The Hall–Kier alpha value is -3.43. The Morgan fingerprint density at radius 3 is 2.46 bits per heavy atom. The van der Waals surface area contributed by atoms with Gasteiger partial charge in [0.25, 0.3) is 11.8 Å². The van der Waals surface area contributed by atoms with Crippen LogP contribution < -0.4 is 25.6 Å². The van der Waals surface area contributed by atoms with Crippen LogP contribution in [0.2, 0.25) is 0 Å². The summed E-state index contributed by atoms with van der Waals surface area (Å²) in [5.41, 5.74) is 8.40. The van der Waals surface area contributed by atoms with Crippen LogP contribution in [0.4, 0.5) is 0 Å². The lowest BCUT2D eigenvalue weighted by Gasteiger charge is -2.14. The highest BCUT2D eigenvalue weighted by Crippen LogP contribution is 2.24. The molecule has 0 saturated carbocycles. The second-order valence-electron chi connectivity index (χ2n) is 7.67. The number of halogens is 1. The van der Waals surface area contributed by atoms with Crippen molar-refractivity contribution in [3.05, 3.63) is 93.5 Å². The quantitative estimate of drug-likeness (QED) is 0.282. The number of rotatable bonds is 8. The van der Waals surface area contributed by atoms with Gasteiger partial charge in [0, 0.05) is 10.9 Å². The van der Waals surface area contributed by atoms with Crippen molar-refractivity contribution < 1.29 is 19.1 Å². The zero-order valence-electron chi connectivity index (χ0n) is 19.4. The van der Waals surface area contributed by atoms with Crippen molar-refractivity contribution in [2.45, 2.75) is 20.3 Å². The highest BCUT2D eigenvalue weighted by molar-refractivity contribution is 9.10. The molecule has 2 amide bonds. The molecule has 0 aromatic heterocycles. The van der Waals surface area contributed by atoms with Gasteiger partial charge in [0.05, 0.1) is 12.2 Å². The van der Waals surface area contributed by atoms with Gasteiger partial charge in [-0.25, -0.2) is 0 Å². The van der Waals surface area contributed by atoms with Gasteiger partial charge in [-0.05, 0) is 67.0 Å². The molecule has 0 unspecified atom stereocenters. The summed E-state index contributed by atoms with van der Waals surface area (Å²) in [6.07, 6.45) is 0.702. The molecular weight excluding hydrogens is 530 g/mol. The molecule has 182 valence electrons. The Morgan fingerprint density at radius 1 is 0.914 bits per heavy atom. The predicted octanol–water partition coefficient (Wildman–Crippen LogP) is 4.40. The lowest BCUT2D eigenvalue weighted by atomic mass is 10.1. The van der Waals surface area contributed by atoms with Crippen molar-refractivity contribution in [1.82, 2.24) is 16.2 Å². The molecule has 3 N–H and O–H groups in total. The van der Waals surface area contributed by atoms with E-state index in [-0.39, 0.29) is 11.7 Å². The maximum atomic E-state index is 12.8. The number of nitrogens with one attached hydrogen (secondary N) is 3. The van der Waals surface area contributed by atoms with Gasteiger partial charge in [-0.1, -0.05) is 58.4 Å². The third kappa shape index (κ3) is 8.08. The van der Waals surface area contributed by atoms with E-state index in [9.17, 15) is 9.59 Å². The zero-order chi connectivity index (χ0) is 25.2. The van der Waals surface area contributed by atoms with Gasteiger partial charge in [0.1, 0.15) is 11.5 Å². The molecule has 3 aromatic carbocycles. The summed E-state index contributed by atoms with van der Waals surface area (Å²) in [6, 6.07) is 20.7. The molecule has 0 saturated heterocycles. The Morgan fingerprint density at radius 2 is 1.69 bits per heavy atom. The van der Waals surface area contributed by atoms with E-state index in [1.165, 1.54) is 0 Å². The molecule has 0 heterocycles. The standard InChI is InChI=1S/C26H26BrN3O4S/c1-17-7-6-10-22(18(17)2)34-16-24(31)29-30-26(35)28-25(32)21-15-20(27)11-12-23(21)33-14-13-19-8-4-3-5-9-19/h3-12,15H,13-14,16H2,1-2H3,(H,29,31)(H2,28,30,32,35). The van der Waals surface area contributed by atoms with Crippen molar-refractivity contribution in [2.75, 3.05) is 13.2 Å². The molecule has 0 aliphatic heterocycles. The van der Waals surface area contributed by atoms with Gasteiger partial charge in [0.2, 0.25) is 0 Å². The van der Waals surface area contributed by atoms with Gasteiger partial charge < -0.3 is 9.47 Å². The summed E-state index contributed by atoms with van der Waals surface area (Å²) < 4.78 is 12.1. The fourth-order valence-corrected chi connectivity index (χ4v) is 3.62. The first kappa shape index (κ1) is 26.2. The van der Waals surface area contributed by atoms with Crippen molar-refractivity contribution in [3.63, 3.8) is 0 Å². The van der Waals surface area contributed by atoms with Crippen LogP contribution in [0.3, 0.4) is 0 Å². The highest BCUT2D eigenvalue weighted by atomic mass is 79.9. The maximum Gasteiger partial charge on any atom is 0.276 e. The number of hydrogen-bond acceptors (Lipinski definition) is 5. The maximum absolute atomic E-state index is 12.8. The molecule has 0 radical (unpaired) electrons. The number of thiocarbonyl (C=S) groups is 1. The fourth-order valence-electron chi connectivity index (χ4n) is 3.12. The third-order valence-corrected chi connectivity index (χ3v) is 5.83. The number of carbonyl (C=O) groups excluding carboxylic acids is 2. The topological polar surface area (TPSA) is 88.7 Å². The molecule has 9 heteroatoms. The van der Waals surface area contributed by atoms with Crippen LogP contribution in [-0.4, -0.2) is 30.1 Å². The van der Waals surface area contributed by atoms with Crippen LogP contribution in [0.25, 0.3) is 0 Å². The number of carbonyl (C=O) groups is 2. The molecule has 0 atom stereocenters. The third-order valence-electron chi connectivity index (χ3n) is 5.13. The lowest BCUT2D eigenvalue weighted by molar-refractivity contribution is -0.123. The molecule has 3 rings (SSSR count). The molecule has 0 spiro atoms. The van der Waals surface area contributed by atoms with Gasteiger partial charge in [0.15, 0.2) is 11.7 Å². The first-order valence-electron chi connectivity index (χ1n) is 10.9. The van der Waals surface area contributed by atoms with E-state index in [0.717, 1.165) is 16.7 Å². The fraction of sp³-hybridized carbons (Fsp3) is 0.192. The first-order chi connectivity index (χ1) is 16.8. The predicted molar refractivity (Wildman–Crippen MR) is 143 cm³/mol. The molecule has 0 aliphatic rings. The van der Waals surface area contributed by atoms with E-state index in [2.05, 4.69) is 32.1 Å². The van der Waals surface area contributed by atoms with E-state index in [4.69, 9.17) is 21.7 Å². The Balaban J connectivity index is 1.49. The van der Waals surface area contributed by atoms with Crippen LogP contribution in [0, 0.1) is 13.8 Å². The van der Waals surface area contributed by atoms with Crippen molar-refractivity contribution in [2.24, 2.45) is 0 Å². The summed E-state index contributed by atoms with van der Waals surface area (Å²) in [7, 11) is 0. The van der Waals surface area contributed by atoms with E-state index >= 15 is 0 Å². The molecule has 0 bridgehead atoms. The molecule has 7 nitrogen and oxygen atoms in total. The monoisotopic (exact) mass is 555 g/mol. The van der Waals surface area contributed by atoms with Gasteiger partial charge in [-0.2, -0.15) is 0 Å². The van der Waals surface area contributed by atoms with Gasteiger partial charge in [-0.3, -0.25) is 25.8 Å². The first-order valence-corrected chi connectivity index (χ1v) is 12.1.